The molecule has 8 heteroatoms. The van der Waals surface area contributed by atoms with E-state index in [9.17, 15) is 9.59 Å². The van der Waals surface area contributed by atoms with Crippen molar-refractivity contribution in [3.63, 3.8) is 0 Å². The second-order valence-electron chi connectivity index (χ2n) is 8.87. The highest BCUT2D eigenvalue weighted by atomic mass is 16.2. The van der Waals surface area contributed by atoms with E-state index in [1.165, 1.54) is 32.1 Å². The van der Waals surface area contributed by atoms with Gasteiger partial charge in [-0.05, 0) is 56.4 Å². The lowest BCUT2D eigenvalue weighted by molar-refractivity contribution is -0.116. The van der Waals surface area contributed by atoms with Gasteiger partial charge in [-0.3, -0.25) is 4.79 Å². The first-order chi connectivity index (χ1) is 15.7. The Morgan fingerprint density at radius 3 is 2.56 bits per heavy atom. The van der Waals surface area contributed by atoms with Crippen LogP contribution in [0.2, 0.25) is 0 Å². The van der Waals surface area contributed by atoms with Crippen molar-refractivity contribution in [3.05, 3.63) is 30.1 Å². The van der Waals surface area contributed by atoms with Crippen molar-refractivity contribution in [2.45, 2.75) is 83.2 Å². The third kappa shape index (κ3) is 6.08. The molecule has 1 aliphatic carbocycles. The van der Waals surface area contributed by atoms with Crippen LogP contribution in [0.1, 0.15) is 70.0 Å². The Balaban J connectivity index is 1.19. The first-order valence-electron chi connectivity index (χ1n) is 12.1. The van der Waals surface area contributed by atoms with Crippen LogP contribution in [-0.4, -0.2) is 39.3 Å². The van der Waals surface area contributed by atoms with E-state index in [1.54, 1.807) is 0 Å². The zero-order valence-corrected chi connectivity index (χ0v) is 18.7. The molecule has 2 aliphatic rings. The fraction of sp³-hybridized carbons (Fsp3) is 0.583. The van der Waals surface area contributed by atoms with Crippen molar-refractivity contribution < 1.29 is 9.59 Å². The van der Waals surface area contributed by atoms with E-state index in [-0.39, 0.29) is 11.9 Å². The lowest BCUT2D eigenvalue weighted by Gasteiger charge is -2.22. The van der Waals surface area contributed by atoms with Gasteiger partial charge in [0.2, 0.25) is 5.91 Å². The monoisotopic (exact) mass is 438 g/mol. The Bertz CT molecular complexity index is 902. The number of urea groups is 1. The van der Waals surface area contributed by atoms with Crippen LogP contribution in [0.3, 0.4) is 0 Å². The summed E-state index contributed by atoms with van der Waals surface area (Å²) in [6.45, 7) is 1.45. The minimum atomic E-state index is -0.126. The summed E-state index contributed by atoms with van der Waals surface area (Å²) in [5, 5.41) is 17.6. The quantitative estimate of drug-likeness (QED) is 0.568. The summed E-state index contributed by atoms with van der Waals surface area (Å²) in [6.07, 6.45) is 11.3. The normalized spacial score (nSPS) is 16.6. The molecule has 8 nitrogen and oxygen atoms in total. The second-order valence-corrected chi connectivity index (χ2v) is 8.87. The largest absolute Gasteiger partial charge is 0.338 e. The Kier molecular flexibility index (Phi) is 7.74. The second kappa shape index (κ2) is 11.1. The van der Waals surface area contributed by atoms with Gasteiger partial charge in [-0.2, -0.15) is 0 Å². The Labute approximate surface area is 189 Å². The molecule has 1 aromatic heterocycles. The molecule has 0 saturated heterocycles. The van der Waals surface area contributed by atoms with Gasteiger partial charge >= 0.3 is 6.03 Å². The van der Waals surface area contributed by atoms with Crippen LogP contribution in [-0.2, 0) is 17.8 Å². The summed E-state index contributed by atoms with van der Waals surface area (Å²) in [4.78, 5) is 24.2. The molecular weight excluding hydrogens is 404 g/mol. The van der Waals surface area contributed by atoms with Crippen molar-refractivity contribution in [3.8, 4) is 11.4 Å². The molecule has 0 atom stereocenters. The Hall–Kier alpha value is -2.90. The highest BCUT2D eigenvalue weighted by Crippen LogP contribution is 2.24. The first-order valence-corrected chi connectivity index (χ1v) is 12.1. The van der Waals surface area contributed by atoms with Crippen LogP contribution in [0.5, 0.6) is 0 Å². The van der Waals surface area contributed by atoms with E-state index in [0.29, 0.717) is 25.4 Å². The van der Waals surface area contributed by atoms with Gasteiger partial charge in [0, 0.05) is 43.2 Å². The number of rotatable bonds is 7. The molecular formula is C24H34N6O2. The van der Waals surface area contributed by atoms with Crippen molar-refractivity contribution >= 4 is 17.6 Å². The molecule has 0 spiro atoms. The lowest BCUT2D eigenvalue weighted by atomic mass is 9.96. The number of hydrogen-bond acceptors (Lipinski definition) is 4. The SMILES string of the molecule is O=C(CCCNC(=O)NC1CCCCC1)Nc1ccc(-c2nnc3n2CCCCC3)cc1. The zero-order valence-electron chi connectivity index (χ0n) is 18.7. The fourth-order valence-corrected chi connectivity index (χ4v) is 4.56. The highest BCUT2D eigenvalue weighted by molar-refractivity contribution is 5.90. The number of fused-ring (bicyclic) bond motifs is 1. The molecule has 3 amide bonds. The van der Waals surface area contributed by atoms with Gasteiger partial charge in [0.05, 0.1) is 0 Å². The van der Waals surface area contributed by atoms with Crippen molar-refractivity contribution in [2.24, 2.45) is 0 Å². The Morgan fingerprint density at radius 1 is 0.969 bits per heavy atom. The minimum Gasteiger partial charge on any atom is -0.338 e. The maximum absolute atomic E-state index is 12.3. The molecule has 4 rings (SSSR count). The van der Waals surface area contributed by atoms with Gasteiger partial charge in [0.15, 0.2) is 5.82 Å². The molecule has 2 aromatic rings. The van der Waals surface area contributed by atoms with Crippen molar-refractivity contribution in [2.75, 3.05) is 11.9 Å². The van der Waals surface area contributed by atoms with Gasteiger partial charge in [-0.25, -0.2) is 4.79 Å². The molecule has 3 N–H and O–H groups in total. The molecule has 1 aliphatic heterocycles. The topological polar surface area (TPSA) is 101 Å². The van der Waals surface area contributed by atoms with Gasteiger partial charge in [0.1, 0.15) is 5.82 Å². The number of aromatic nitrogens is 3. The smallest absolute Gasteiger partial charge is 0.315 e. The lowest BCUT2D eigenvalue weighted by Crippen LogP contribution is -2.43. The van der Waals surface area contributed by atoms with Crippen molar-refractivity contribution in [1.82, 2.24) is 25.4 Å². The maximum Gasteiger partial charge on any atom is 0.315 e. The van der Waals surface area contributed by atoms with E-state index in [1.807, 2.05) is 24.3 Å². The summed E-state index contributed by atoms with van der Waals surface area (Å²) in [7, 11) is 0. The van der Waals surface area contributed by atoms with Crippen LogP contribution in [0.25, 0.3) is 11.4 Å². The van der Waals surface area contributed by atoms with Crippen LogP contribution < -0.4 is 16.0 Å². The number of anilines is 1. The predicted molar refractivity (Wildman–Crippen MR) is 124 cm³/mol. The summed E-state index contributed by atoms with van der Waals surface area (Å²) in [6, 6.07) is 7.94. The molecule has 1 saturated carbocycles. The number of benzene rings is 1. The number of carbonyl (C=O) groups is 2. The summed E-state index contributed by atoms with van der Waals surface area (Å²) < 4.78 is 2.22. The predicted octanol–water partition coefficient (Wildman–Crippen LogP) is 4.02. The molecule has 172 valence electrons. The van der Waals surface area contributed by atoms with E-state index in [4.69, 9.17) is 0 Å². The average molecular weight is 439 g/mol. The van der Waals surface area contributed by atoms with Crippen molar-refractivity contribution in [1.29, 1.82) is 0 Å². The molecule has 2 heterocycles. The van der Waals surface area contributed by atoms with E-state index >= 15 is 0 Å². The number of carbonyl (C=O) groups excluding carboxylic acids is 2. The molecule has 0 bridgehead atoms. The minimum absolute atomic E-state index is 0.0522. The number of hydrogen-bond donors (Lipinski definition) is 3. The first kappa shape index (κ1) is 22.3. The Morgan fingerprint density at radius 2 is 1.75 bits per heavy atom. The molecule has 0 unspecified atom stereocenters. The van der Waals surface area contributed by atoms with Crippen LogP contribution in [0, 0.1) is 0 Å². The van der Waals surface area contributed by atoms with E-state index in [2.05, 4.69) is 30.7 Å². The van der Waals surface area contributed by atoms with Gasteiger partial charge in [-0.15, -0.1) is 10.2 Å². The summed E-state index contributed by atoms with van der Waals surface area (Å²) >= 11 is 0. The maximum atomic E-state index is 12.3. The number of aryl methyl sites for hydroxylation is 1. The van der Waals surface area contributed by atoms with Gasteiger partial charge in [0.25, 0.3) is 0 Å². The van der Waals surface area contributed by atoms with Gasteiger partial charge in [-0.1, -0.05) is 25.7 Å². The molecule has 32 heavy (non-hydrogen) atoms. The van der Waals surface area contributed by atoms with Gasteiger partial charge < -0.3 is 20.5 Å². The zero-order chi connectivity index (χ0) is 22.2. The third-order valence-electron chi connectivity index (χ3n) is 6.34. The van der Waals surface area contributed by atoms with Crippen LogP contribution >= 0.6 is 0 Å². The standard InChI is InChI=1S/C24H34N6O2/c31-22(11-7-16-25-24(32)27-19-8-3-1-4-9-19)26-20-14-12-18(13-15-20)23-29-28-21-10-5-2-6-17-30(21)23/h12-15,19H,1-11,16-17H2,(H,26,31)(H2,25,27,32). The summed E-state index contributed by atoms with van der Waals surface area (Å²) in [5.41, 5.74) is 1.77. The number of amides is 3. The molecule has 1 aromatic carbocycles. The van der Waals surface area contributed by atoms with E-state index < -0.39 is 0 Å². The number of nitrogens with one attached hydrogen (secondary N) is 3. The highest BCUT2D eigenvalue weighted by Gasteiger charge is 2.17. The molecule has 1 fully saturated rings. The summed E-state index contributed by atoms with van der Waals surface area (Å²) in [5.74, 6) is 1.91. The number of nitrogens with zero attached hydrogens (tertiary/aromatic N) is 3. The molecule has 0 radical (unpaired) electrons. The van der Waals surface area contributed by atoms with Crippen LogP contribution in [0.15, 0.2) is 24.3 Å². The van der Waals surface area contributed by atoms with E-state index in [0.717, 1.165) is 55.1 Å². The van der Waals surface area contributed by atoms with Crippen LogP contribution in [0.4, 0.5) is 10.5 Å². The average Bonchev–Trinajstić information content (AvgIpc) is 3.06. The third-order valence-corrected chi connectivity index (χ3v) is 6.34. The fourth-order valence-electron chi connectivity index (χ4n) is 4.56.